The molecule has 1 amide bonds. The topological polar surface area (TPSA) is 72.2 Å². The lowest BCUT2D eigenvalue weighted by atomic mass is 10.2. The van der Waals surface area contributed by atoms with E-state index in [2.05, 4.69) is 20.9 Å². The molecule has 146 valence electrons. The monoisotopic (exact) mass is 415 g/mol. The second kappa shape index (κ2) is 8.01. The van der Waals surface area contributed by atoms with Gasteiger partial charge in [0.05, 0.1) is 28.8 Å². The standard InChI is InChI=1S/C20H22ClN5OS/c1-12(26-18(15-6-7-15)9-17(25-26)14-4-5-14)3-8-16(10-23-21)24-20(27)19-13(2)22-11-28-19/h3,8-11,14-15H,4-7H2,1-2H3,(H,24,27)/b12-3+,16-8+,23-10?. The summed E-state index contributed by atoms with van der Waals surface area (Å²) < 4.78 is 5.58. The average Bonchev–Trinajstić information content (AvgIpc) is 3.61. The zero-order chi connectivity index (χ0) is 19.7. The van der Waals surface area contributed by atoms with Gasteiger partial charge < -0.3 is 5.32 Å². The molecule has 0 spiro atoms. The van der Waals surface area contributed by atoms with Crippen molar-refractivity contribution in [2.75, 3.05) is 0 Å². The maximum atomic E-state index is 12.4. The number of allylic oxidation sites excluding steroid dienone is 4. The second-order valence-electron chi connectivity index (χ2n) is 7.33. The van der Waals surface area contributed by atoms with Crippen LogP contribution in [0.5, 0.6) is 0 Å². The quantitative estimate of drug-likeness (QED) is 0.521. The van der Waals surface area contributed by atoms with Crippen molar-refractivity contribution >= 4 is 40.9 Å². The number of rotatable bonds is 7. The summed E-state index contributed by atoms with van der Waals surface area (Å²) in [5.41, 5.74) is 6.36. The Hall–Kier alpha value is -2.25. The minimum absolute atomic E-state index is 0.220. The van der Waals surface area contributed by atoms with Crippen LogP contribution >= 0.6 is 23.1 Å². The number of hydrogen-bond acceptors (Lipinski definition) is 5. The Morgan fingerprint density at radius 1 is 1.32 bits per heavy atom. The molecule has 2 heterocycles. The van der Waals surface area contributed by atoms with Gasteiger partial charge in [0.25, 0.3) is 5.91 Å². The van der Waals surface area contributed by atoms with Crippen molar-refractivity contribution in [1.82, 2.24) is 20.1 Å². The number of carbonyl (C=O) groups is 1. The Labute approximate surface area is 173 Å². The van der Waals surface area contributed by atoms with Gasteiger partial charge in [-0.25, -0.2) is 9.67 Å². The van der Waals surface area contributed by atoms with E-state index in [-0.39, 0.29) is 5.91 Å². The van der Waals surface area contributed by atoms with Crippen LogP contribution in [0.3, 0.4) is 0 Å². The number of aryl methyl sites for hydroxylation is 1. The van der Waals surface area contributed by atoms with Crippen LogP contribution in [0.4, 0.5) is 0 Å². The van der Waals surface area contributed by atoms with Gasteiger partial charge >= 0.3 is 0 Å². The smallest absolute Gasteiger partial charge is 0.267 e. The van der Waals surface area contributed by atoms with E-state index in [0.717, 1.165) is 5.70 Å². The third kappa shape index (κ3) is 4.25. The maximum Gasteiger partial charge on any atom is 0.267 e. The number of nitrogens with zero attached hydrogens (tertiary/aromatic N) is 4. The van der Waals surface area contributed by atoms with E-state index >= 15 is 0 Å². The van der Waals surface area contributed by atoms with Gasteiger partial charge in [-0.3, -0.25) is 4.79 Å². The molecule has 2 saturated carbocycles. The number of nitrogens with one attached hydrogen (secondary N) is 1. The SMILES string of the molecule is C/C(=C\C=C(/C=NCl)NC(=O)c1scnc1C)n1nc(C2CC2)cc1C1CC1. The van der Waals surface area contributed by atoms with E-state index in [1.807, 2.05) is 24.6 Å². The number of hydrogen-bond donors (Lipinski definition) is 1. The molecule has 0 atom stereocenters. The first-order valence-electron chi connectivity index (χ1n) is 9.41. The number of carbonyl (C=O) groups excluding carboxylic acids is 1. The van der Waals surface area contributed by atoms with Crippen LogP contribution < -0.4 is 5.32 Å². The summed E-state index contributed by atoms with van der Waals surface area (Å²) in [6, 6.07) is 2.27. The highest BCUT2D eigenvalue weighted by molar-refractivity contribution is 7.11. The molecule has 1 N–H and O–H groups in total. The first kappa shape index (κ1) is 19.1. The van der Waals surface area contributed by atoms with Crippen molar-refractivity contribution in [3.05, 3.63) is 51.4 Å². The van der Waals surface area contributed by atoms with Crippen LogP contribution in [0.1, 0.15) is 71.2 Å². The molecule has 2 fully saturated rings. The summed E-state index contributed by atoms with van der Waals surface area (Å²) in [7, 11) is 0. The highest BCUT2D eigenvalue weighted by Crippen LogP contribution is 2.45. The van der Waals surface area contributed by atoms with E-state index in [4.69, 9.17) is 16.9 Å². The number of aromatic nitrogens is 3. The van der Waals surface area contributed by atoms with E-state index in [1.165, 1.54) is 54.6 Å². The van der Waals surface area contributed by atoms with E-state index < -0.39 is 0 Å². The molecular weight excluding hydrogens is 394 g/mol. The molecule has 28 heavy (non-hydrogen) atoms. The third-order valence-corrected chi connectivity index (χ3v) is 6.01. The Bertz CT molecular complexity index is 979. The highest BCUT2D eigenvalue weighted by Gasteiger charge is 2.32. The lowest BCUT2D eigenvalue weighted by Gasteiger charge is -2.07. The van der Waals surface area contributed by atoms with E-state index in [9.17, 15) is 4.79 Å². The van der Waals surface area contributed by atoms with Crippen LogP contribution in [-0.2, 0) is 0 Å². The number of thiazole rings is 1. The van der Waals surface area contributed by atoms with Crippen molar-refractivity contribution in [1.29, 1.82) is 0 Å². The summed E-state index contributed by atoms with van der Waals surface area (Å²) in [6.45, 7) is 3.83. The first-order valence-corrected chi connectivity index (χ1v) is 10.6. The van der Waals surface area contributed by atoms with Gasteiger partial charge in [-0.15, -0.1) is 11.3 Å². The molecule has 2 aromatic heterocycles. The van der Waals surface area contributed by atoms with Crippen LogP contribution in [-0.4, -0.2) is 26.9 Å². The summed E-state index contributed by atoms with van der Waals surface area (Å²) in [4.78, 5) is 17.1. The fraction of sp³-hybridized carbons (Fsp3) is 0.400. The minimum Gasteiger partial charge on any atom is -0.320 e. The zero-order valence-corrected chi connectivity index (χ0v) is 17.4. The molecular formula is C20H22ClN5OS. The summed E-state index contributed by atoms with van der Waals surface area (Å²) in [5.74, 6) is 1.02. The predicted molar refractivity (Wildman–Crippen MR) is 113 cm³/mol. The van der Waals surface area contributed by atoms with Gasteiger partial charge in [0, 0.05) is 35.0 Å². The molecule has 2 aromatic rings. The van der Waals surface area contributed by atoms with Gasteiger partial charge in [0.15, 0.2) is 0 Å². The van der Waals surface area contributed by atoms with Crippen molar-refractivity contribution in [3.63, 3.8) is 0 Å². The van der Waals surface area contributed by atoms with Crippen LogP contribution in [0.2, 0.25) is 0 Å². The molecule has 0 aromatic carbocycles. The summed E-state index contributed by atoms with van der Waals surface area (Å²) in [5, 5.41) is 7.67. The van der Waals surface area contributed by atoms with Gasteiger partial charge in [0.1, 0.15) is 4.88 Å². The fourth-order valence-corrected chi connectivity index (χ4v) is 3.91. The van der Waals surface area contributed by atoms with E-state index in [0.29, 0.717) is 28.1 Å². The van der Waals surface area contributed by atoms with Gasteiger partial charge in [0.2, 0.25) is 0 Å². The van der Waals surface area contributed by atoms with Crippen LogP contribution in [0.15, 0.2) is 33.9 Å². The summed E-state index contributed by atoms with van der Waals surface area (Å²) >= 11 is 6.82. The molecule has 8 heteroatoms. The predicted octanol–water partition coefficient (Wildman–Crippen LogP) is 4.80. The maximum absolute atomic E-state index is 12.4. The lowest BCUT2D eigenvalue weighted by Crippen LogP contribution is -2.23. The molecule has 0 unspecified atom stereocenters. The first-order chi connectivity index (χ1) is 13.6. The van der Waals surface area contributed by atoms with Crippen molar-refractivity contribution < 1.29 is 4.79 Å². The molecule has 2 aliphatic rings. The molecule has 0 radical (unpaired) electrons. The van der Waals surface area contributed by atoms with Crippen molar-refractivity contribution in [3.8, 4) is 0 Å². The minimum atomic E-state index is -0.220. The molecule has 4 rings (SSSR count). The molecule has 0 saturated heterocycles. The van der Waals surface area contributed by atoms with Crippen molar-refractivity contribution in [2.45, 2.75) is 51.4 Å². The lowest BCUT2D eigenvalue weighted by molar-refractivity contribution is 0.0971. The largest absolute Gasteiger partial charge is 0.320 e. The second-order valence-corrected chi connectivity index (χ2v) is 8.38. The Kier molecular flexibility index (Phi) is 5.46. The molecule has 0 aliphatic heterocycles. The Morgan fingerprint density at radius 3 is 2.68 bits per heavy atom. The van der Waals surface area contributed by atoms with E-state index in [1.54, 1.807) is 11.6 Å². The van der Waals surface area contributed by atoms with Gasteiger partial charge in [-0.05, 0) is 57.7 Å². The summed E-state index contributed by atoms with van der Waals surface area (Å²) in [6.07, 6.45) is 10.1. The van der Waals surface area contributed by atoms with Crippen molar-refractivity contribution in [2.24, 2.45) is 4.51 Å². The molecule has 0 bridgehead atoms. The third-order valence-electron chi connectivity index (χ3n) is 4.98. The number of amides is 1. The van der Waals surface area contributed by atoms with Crippen LogP contribution in [0.25, 0.3) is 5.70 Å². The molecule has 2 aliphatic carbocycles. The highest BCUT2D eigenvalue weighted by atomic mass is 35.5. The normalized spacial score (nSPS) is 18.1. The fourth-order valence-electron chi connectivity index (χ4n) is 3.10. The average molecular weight is 416 g/mol. The van der Waals surface area contributed by atoms with Crippen LogP contribution in [0, 0.1) is 6.92 Å². The van der Waals surface area contributed by atoms with Gasteiger partial charge in [-0.2, -0.15) is 9.61 Å². The molecule has 6 nitrogen and oxygen atoms in total. The Morgan fingerprint density at radius 2 is 2.07 bits per heavy atom. The number of halogens is 1. The van der Waals surface area contributed by atoms with Gasteiger partial charge in [-0.1, -0.05) is 0 Å². The Balaban J connectivity index is 1.56. The zero-order valence-electron chi connectivity index (χ0n) is 15.9.